The van der Waals surface area contributed by atoms with Gasteiger partial charge in [-0.1, -0.05) is 56.5 Å². The van der Waals surface area contributed by atoms with Gasteiger partial charge in [-0.05, 0) is 49.1 Å². The Hall–Kier alpha value is -2.69. The molecule has 0 aromatic heterocycles. The van der Waals surface area contributed by atoms with Gasteiger partial charge in [0.25, 0.3) is 0 Å². The van der Waals surface area contributed by atoms with Crippen LogP contribution < -0.4 is 0 Å². The highest BCUT2D eigenvalue weighted by molar-refractivity contribution is 5.89. The molecule has 0 N–H and O–H groups in total. The van der Waals surface area contributed by atoms with Crippen molar-refractivity contribution in [2.45, 2.75) is 58.8 Å². The van der Waals surface area contributed by atoms with Crippen LogP contribution in [-0.2, 0) is 11.2 Å². The Morgan fingerprint density at radius 2 is 1.61 bits per heavy atom. The molecule has 0 radical (unpaired) electrons. The van der Waals surface area contributed by atoms with Gasteiger partial charge in [0.05, 0.1) is 12.2 Å². The summed E-state index contributed by atoms with van der Waals surface area (Å²) in [7, 11) is 0. The van der Waals surface area contributed by atoms with Crippen LogP contribution in [0.3, 0.4) is 0 Å². The Kier molecular flexibility index (Phi) is 9.19. The fraction of sp³-hybridized carbons (Fsp3) is 0.435. The number of unbranched alkanes of at least 4 members (excludes halogenated alkanes) is 4. The van der Waals surface area contributed by atoms with Crippen molar-refractivity contribution in [3.05, 3.63) is 64.9 Å². The van der Waals surface area contributed by atoms with E-state index in [1.165, 1.54) is 5.56 Å². The lowest BCUT2D eigenvalue weighted by molar-refractivity contribution is -0.435. The Balaban J connectivity index is 1.92. The Labute approximate surface area is 167 Å². The number of benzene rings is 2. The first-order valence-corrected chi connectivity index (χ1v) is 10.2. The summed E-state index contributed by atoms with van der Waals surface area (Å²) < 4.78 is 5.26. The first-order chi connectivity index (χ1) is 13.6. The summed E-state index contributed by atoms with van der Waals surface area (Å²) >= 11 is 0. The molecule has 0 fully saturated rings. The number of hydrogen-bond acceptors (Lipinski definition) is 4. The molecule has 0 aliphatic heterocycles. The van der Waals surface area contributed by atoms with E-state index in [0.717, 1.165) is 44.9 Å². The number of aryl methyl sites for hydroxylation is 1. The van der Waals surface area contributed by atoms with Crippen LogP contribution in [0.2, 0.25) is 0 Å². The van der Waals surface area contributed by atoms with Crippen molar-refractivity contribution in [3.63, 3.8) is 0 Å². The molecular formula is C23H30N2O3. The van der Waals surface area contributed by atoms with Crippen LogP contribution >= 0.6 is 0 Å². The molecule has 0 heterocycles. The molecule has 0 aliphatic carbocycles. The SMILES string of the molecule is CCCCCCOC(=O)c1ccc(N=[N+]([O-])c2ccc(CCCC)cc2)cc1. The lowest BCUT2D eigenvalue weighted by Gasteiger charge is -2.05. The van der Waals surface area contributed by atoms with Gasteiger partial charge in [0.2, 0.25) is 5.69 Å². The fourth-order valence-corrected chi connectivity index (χ4v) is 2.77. The van der Waals surface area contributed by atoms with E-state index in [0.29, 0.717) is 28.4 Å². The predicted octanol–water partition coefficient (Wildman–Crippen LogP) is 6.69. The van der Waals surface area contributed by atoms with Gasteiger partial charge in [-0.15, -0.1) is 0 Å². The third kappa shape index (κ3) is 7.14. The van der Waals surface area contributed by atoms with Gasteiger partial charge in [0.15, 0.2) is 0 Å². The largest absolute Gasteiger partial charge is 0.594 e. The maximum atomic E-state index is 12.2. The van der Waals surface area contributed by atoms with Crippen LogP contribution in [0.25, 0.3) is 0 Å². The number of rotatable bonds is 11. The molecule has 2 aromatic carbocycles. The number of carbonyl (C=O) groups excluding carboxylic acids is 1. The third-order valence-electron chi connectivity index (χ3n) is 4.52. The van der Waals surface area contributed by atoms with Gasteiger partial charge < -0.3 is 9.94 Å². The predicted molar refractivity (Wildman–Crippen MR) is 111 cm³/mol. The Morgan fingerprint density at radius 1 is 0.929 bits per heavy atom. The topological polar surface area (TPSA) is 64.7 Å². The van der Waals surface area contributed by atoms with E-state index in [1.54, 1.807) is 36.4 Å². The molecular weight excluding hydrogens is 352 g/mol. The minimum Gasteiger partial charge on any atom is -0.594 e. The number of carbonyl (C=O) groups is 1. The fourth-order valence-electron chi connectivity index (χ4n) is 2.77. The van der Waals surface area contributed by atoms with Gasteiger partial charge in [-0.25, -0.2) is 4.79 Å². The first kappa shape index (κ1) is 21.6. The lowest BCUT2D eigenvalue weighted by Crippen LogP contribution is -2.06. The molecule has 0 saturated heterocycles. The van der Waals surface area contributed by atoms with Gasteiger partial charge in [0, 0.05) is 17.2 Å². The average Bonchev–Trinajstić information content (AvgIpc) is 2.72. The van der Waals surface area contributed by atoms with Crippen molar-refractivity contribution in [2.24, 2.45) is 5.11 Å². The number of ether oxygens (including phenoxy) is 1. The number of azo groups is 1. The van der Waals surface area contributed by atoms with Crippen molar-refractivity contribution < 1.29 is 14.4 Å². The number of hydrogen-bond donors (Lipinski definition) is 0. The molecule has 28 heavy (non-hydrogen) atoms. The molecule has 150 valence electrons. The van der Waals surface area contributed by atoms with E-state index in [1.807, 2.05) is 12.1 Å². The minimum absolute atomic E-state index is 0.343. The summed E-state index contributed by atoms with van der Waals surface area (Å²) in [6.07, 6.45) is 7.56. The maximum absolute atomic E-state index is 12.2. The highest BCUT2D eigenvalue weighted by atomic mass is 16.5. The van der Waals surface area contributed by atoms with Crippen LogP contribution in [0.5, 0.6) is 0 Å². The summed E-state index contributed by atoms with van der Waals surface area (Å²) in [6.45, 7) is 4.74. The highest BCUT2D eigenvalue weighted by Crippen LogP contribution is 2.19. The zero-order valence-electron chi connectivity index (χ0n) is 16.9. The summed E-state index contributed by atoms with van der Waals surface area (Å²) in [5.41, 5.74) is 2.66. The average molecular weight is 383 g/mol. The molecule has 0 amide bonds. The molecule has 0 unspecified atom stereocenters. The second-order valence-corrected chi connectivity index (χ2v) is 6.89. The van der Waals surface area contributed by atoms with E-state index in [-0.39, 0.29) is 5.97 Å². The van der Waals surface area contributed by atoms with Crippen LogP contribution in [-0.4, -0.2) is 17.4 Å². The Bertz CT molecular complexity index is 752. The van der Waals surface area contributed by atoms with E-state index >= 15 is 0 Å². The molecule has 5 heteroatoms. The number of nitrogens with zero attached hydrogens (tertiary/aromatic N) is 2. The molecule has 5 nitrogen and oxygen atoms in total. The van der Waals surface area contributed by atoms with Crippen LogP contribution in [0.1, 0.15) is 68.3 Å². The second-order valence-electron chi connectivity index (χ2n) is 6.89. The van der Waals surface area contributed by atoms with E-state index in [9.17, 15) is 10.0 Å². The van der Waals surface area contributed by atoms with Crippen LogP contribution in [0.4, 0.5) is 11.4 Å². The number of esters is 1. The quantitative estimate of drug-likeness (QED) is 0.143. The zero-order valence-corrected chi connectivity index (χ0v) is 16.9. The standard InChI is InChI=1S/C23H30N2O3/c1-3-5-7-8-18-28-23(26)20-12-14-21(15-13-20)24-25(27)22-16-10-19(11-17-22)9-6-4-2/h10-17H,3-9,18H2,1-2H3. The second kappa shape index (κ2) is 11.9. The molecule has 0 atom stereocenters. The lowest BCUT2D eigenvalue weighted by atomic mass is 10.1. The van der Waals surface area contributed by atoms with Gasteiger partial charge in [0.1, 0.15) is 5.69 Å². The van der Waals surface area contributed by atoms with Crippen LogP contribution in [0.15, 0.2) is 53.6 Å². The summed E-state index contributed by atoms with van der Waals surface area (Å²) in [5, 5.41) is 16.3. The van der Waals surface area contributed by atoms with E-state index in [2.05, 4.69) is 19.0 Å². The van der Waals surface area contributed by atoms with E-state index < -0.39 is 0 Å². The smallest absolute Gasteiger partial charge is 0.338 e. The summed E-state index contributed by atoms with van der Waals surface area (Å²) in [6, 6.07) is 14.1. The molecule has 2 aromatic rings. The van der Waals surface area contributed by atoms with Gasteiger partial charge >= 0.3 is 5.97 Å². The van der Waals surface area contributed by atoms with Crippen molar-refractivity contribution in [1.82, 2.24) is 0 Å². The minimum atomic E-state index is -0.343. The van der Waals surface area contributed by atoms with Crippen molar-refractivity contribution in [3.8, 4) is 0 Å². The van der Waals surface area contributed by atoms with Crippen molar-refractivity contribution in [2.75, 3.05) is 6.61 Å². The molecule has 0 spiro atoms. The Morgan fingerprint density at radius 3 is 2.25 bits per heavy atom. The normalized spacial score (nSPS) is 11.4. The maximum Gasteiger partial charge on any atom is 0.338 e. The summed E-state index contributed by atoms with van der Waals surface area (Å²) in [5.74, 6) is -0.343. The van der Waals surface area contributed by atoms with Crippen molar-refractivity contribution in [1.29, 1.82) is 0 Å². The highest BCUT2D eigenvalue weighted by Gasteiger charge is 2.08. The molecule has 0 bridgehead atoms. The molecule has 2 rings (SSSR count). The van der Waals surface area contributed by atoms with Gasteiger partial charge in [-0.3, -0.25) is 0 Å². The molecule has 0 aliphatic rings. The monoisotopic (exact) mass is 382 g/mol. The first-order valence-electron chi connectivity index (χ1n) is 10.2. The van der Waals surface area contributed by atoms with Crippen LogP contribution in [0, 0.1) is 5.21 Å². The summed E-state index contributed by atoms with van der Waals surface area (Å²) in [4.78, 5) is 12.6. The van der Waals surface area contributed by atoms with Crippen molar-refractivity contribution >= 4 is 17.3 Å². The third-order valence-corrected chi connectivity index (χ3v) is 4.52. The molecule has 0 saturated carbocycles. The zero-order chi connectivity index (χ0) is 20.2. The van der Waals surface area contributed by atoms with Gasteiger partial charge in [-0.2, -0.15) is 0 Å². The van der Waals surface area contributed by atoms with E-state index in [4.69, 9.17) is 4.74 Å².